The highest BCUT2D eigenvalue weighted by Gasteiger charge is 2.18. The molecule has 0 spiro atoms. The summed E-state index contributed by atoms with van der Waals surface area (Å²) in [5.74, 6) is -0.230. The van der Waals surface area contributed by atoms with Gasteiger partial charge < -0.3 is 9.47 Å². The highest BCUT2D eigenvalue weighted by molar-refractivity contribution is 5.74. The number of ether oxygens (including phenoxy) is 2. The summed E-state index contributed by atoms with van der Waals surface area (Å²) in [6, 6.07) is 0. The lowest BCUT2D eigenvalue weighted by Gasteiger charge is -2.14. The van der Waals surface area contributed by atoms with Crippen LogP contribution < -0.4 is 0 Å². The van der Waals surface area contributed by atoms with Crippen LogP contribution in [0.4, 0.5) is 0 Å². The van der Waals surface area contributed by atoms with Crippen LogP contribution in [0.1, 0.15) is 110 Å². The van der Waals surface area contributed by atoms with Gasteiger partial charge in [0.2, 0.25) is 0 Å². The topological polar surface area (TPSA) is 35.5 Å². The molecule has 0 aromatic rings. The number of carbonyl (C=O) groups excluding carboxylic acids is 1. The predicted molar refractivity (Wildman–Crippen MR) is 102 cm³/mol. The molecule has 0 bridgehead atoms. The van der Waals surface area contributed by atoms with Gasteiger partial charge in [-0.3, -0.25) is 0 Å². The van der Waals surface area contributed by atoms with E-state index < -0.39 is 0 Å². The number of methoxy groups -OCH3 is 1. The molecule has 3 heteroatoms. The average molecular weight is 343 g/mol. The Kier molecular flexibility index (Phi) is 18.3. The van der Waals surface area contributed by atoms with Crippen LogP contribution in [0.5, 0.6) is 0 Å². The maximum Gasteiger partial charge on any atom is 0.334 e. The number of hydrogen-bond acceptors (Lipinski definition) is 3. The van der Waals surface area contributed by atoms with E-state index in [9.17, 15) is 4.79 Å². The maximum absolute atomic E-state index is 11.5. The van der Waals surface area contributed by atoms with Crippen molar-refractivity contribution in [3.63, 3.8) is 0 Å². The van der Waals surface area contributed by atoms with Crippen molar-refractivity contribution in [2.24, 2.45) is 0 Å². The van der Waals surface area contributed by atoms with Crippen molar-refractivity contribution in [3.8, 4) is 0 Å². The van der Waals surface area contributed by atoms with Crippen LogP contribution >= 0.6 is 0 Å². The number of rotatable bonds is 18. The minimum absolute atomic E-state index is 0.230. The standard InChI is InChI=1S/C21H42O3/c1-4-6-7-8-9-10-11-12-13-14-15-16-17-18-19-20(24-5-2)21(22)23-3/h20H,4-19H2,1-3H3. The van der Waals surface area contributed by atoms with Crippen LogP contribution in [0.25, 0.3) is 0 Å². The average Bonchev–Trinajstić information content (AvgIpc) is 2.60. The Morgan fingerprint density at radius 1 is 0.708 bits per heavy atom. The number of esters is 1. The van der Waals surface area contributed by atoms with Crippen molar-refractivity contribution in [2.75, 3.05) is 13.7 Å². The van der Waals surface area contributed by atoms with E-state index in [-0.39, 0.29) is 12.1 Å². The van der Waals surface area contributed by atoms with Gasteiger partial charge in [0.15, 0.2) is 6.10 Å². The van der Waals surface area contributed by atoms with Gasteiger partial charge >= 0.3 is 5.97 Å². The van der Waals surface area contributed by atoms with Crippen LogP contribution in [0.3, 0.4) is 0 Å². The van der Waals surface area contributed by atoms with Crippen molar-refractivity contribution in [3.05, 3.63) is 0 Å². The minimum Gasteiger partial charge on any atom is -0.467 e. The van der Waals surface area contributed by atoms with Gasteiger partial charge in [0.25, 0.3) is 0 Å². The molecule has 0 radical (unpaired) electrons. The quantitative estimate of drug-likeness (QED) is 0.212. The minimum atomic E-state index is -0.364. The number of carbonyl (C=O) groups is 1. The molecule has 1 unspecified atom stereocenters. The molecule has 0 heterocycles. The molecular weight excluding hydrogens is 300 g/mol. The first-order valence-electron chi connectivity index (χ1n) is 10.5. The Morgan fingerprint density at radius 2 is 1.12 bits per heavy atom. The second-order valence-corrected chi connectivity index (χ2v) is 6.85. The van der Waals surface area contributed by atoms with Crippen LogP contribution in [-0.4, -0.2) is 25.8 Å². The first-order valence-corrected chi connectivity index (χ1v) is 10.5. The Labute approximate surface area is 150 Å². The predicted octanol–water partition coefficient (Wildman–Crippen LogP) is 6.44. The van der Waals surface area contributed by atoms with E-state index in [4.69, 9.17) is 9.47 Å². The van der Waals surface area contributed by atoms with Gasteiger partial charge in [-0.1, -0.05) is 96.8 Å². The van der Waals surface area contributed by atoms with E-state index in [1.54, 1.807) is 0 Å². The third kappa shape index (κ3) is 15.0. The molecule has 3 nitrogen and oxygen atoms in total. The fraction of sp³-hybridized carbons (Fsp3) is 0.952. The highest BCUT2D eigenvalue weighted by Crippen LogP contribution is 2.14. The third-order valence-corrected chi connectivity index (χ3v) is 4.65. The van der Waals surface area contributed by atoms with Crippen molar-refractivity contribution in [1.82, 2.24) is 0 Å². The number of hydrogen-bond donors (Lipinski definition) is 0. The van der Waals surface area contributed by atoms with Crippen molar-refractivity contribution < 1.29 is 14.3 Å². The smallest absolute Gasteiger partial charge is 0.334 e. The Morgan fingerprint density at radius 3 is 1.50 bits per heavy atom. The highest BCUT2D eigenvalue weighted by atomic mass is 16.6. The number of unbranched alkanes of at least 4 members (excludes halogenated alkanes) is 13. The fourth-order valence-corrected chi connectivity index (χ4v) is 3.13. The van der Waals surface area contributed by atoms with Crippen molar-refractivity contribution in [1.29, 1.82) is 0 Å². The molecule has 0 aliphatic rings. The second-order valence-electron chi connectivity index (χ2n) is 6.85. The van der Waals surface area contributed by atoms with Gasteiger partial charge in [0.05, 0.1) is 7.11 Å². The lowest BCUT2D eigenvalue weighted by atomic mass is 10.0. The fourth-order valence-electron chi connectivity index (χ4n) is 3.13. The first kappa shape index (κ1) is 23.4. The molecule has 0 N–H and O–H groups in total. The monoisotopic (exact) mass is 342 g/mol. The lowest BCUT2D eigenvalue weighted by molar-refractivity contribution is -0.154. The maximum atomic E-state index is 11.5. The largest absolute Gasteiger partial charge is 0.467 e. The van der Waals surface area contributed by atoms with E-state index >= 15 is 0 Å². The molecule has 24 heavy (non-hydrogen) atoms. The SMILES string of the molecule is CCCCCCCCCCCCCCCCC(OCC)C(=O)OC. The van der Waals surface area contributed by atoms with Crippen molar-refractivity contribution in [2.45, 2.75) is 116 Å². The molecule has 0 aromatic carbocycles. The zero-order valence-electron chi connectivity index (χ0n) is 16.6. The molecule has 0 amide bonds. The van der Waals surface area contributed by atoms with E-state index in [1.165, 1.54) is 90.6 Å². The molecule has 144 valence electrons. The summed E-state index contributed by atoms with van der Waals surface area (Å²) in [6.45, 7) is 4.76. The third-order valence-electron chi connectivity index (χ3n) is 4.65. The summed E-state index contributed by atoms with van der Waals surface area (Å²) in [6.07, 6.45) is 19.3. The lowest BCUT2D eigenvalue weighted by Crippen LogP contribution is -2.25. The van der Waals surface area contributed by atoms with Crippen LogP contribution in [0.2, 0.25) is 0 Å². The summed E-state index contributed by atoms with van der Waals surface area (Å²) < 4.78 is 10.2. The summed E-state index contributed by atoms with van der Waals surface area (Å²) >= 11 is 0. The Bertz CT molecular complexity index is 266. The van der Waals surface area contributed by atoms with Crippen LogP contribution in [0, 0.1) is 0 Å². The Hall–Kier alpha value is -0.570. The van der Waals surface area contributed by atoms with E-state index in [2.05, 4.69) is 6.92 Å². The molecule has 0 fully saturated rings. The summed E-state index contributed by atoms with van der Waals surface area (Å²) in [7, 11) is 1.43. The van der Waals surface area contributed by atoms with Crippen LogP contribution in [-0.2, 0) is 14.3 Å². The molecular formula is C21H42O3. The van der Waals surface area contributed by atoms with Gasteiger partial charge in [-0.05, 0) is 13.3 Å². The van der Waals surface area contributed by atoms with E-state index in [0.29, 0.717) is 6.61 Å². The molecule has 0 aromatic heterocycles. The summed E-state index contributed by atoms with van der Waals surface area (Å²) in [5.41, 5.74) is 0. The Balaban J connectivity index is 3.28. The summed E-state index contributed by atoms with van der Waals surface area (Å²) in [4.78, 5) is 11.5. The molecule has 0 saturated carbocycles. The van der Waals surface area contributed by atoms with Gasteiger partial charge in [-0.2, -0.15) is 0 Å². The summed E-state index contributed by atoms with van der Waals surface area (Å²) in [5, 5.41) is 0. The molecule has 1 atom stereocenters. The molecule has 0 saturated heterocycles. The normalized spacial score (nSPS) is 12.3. The van der Waals surface area contributed by atoms with Gasteiger partial charge in [0, 0.05) is 6.61 Å². The zero-order chi connectivity index (χ0) is 17.9. The zero-order valence-corrected chi connectivity index (χ0v) is 16.6. The van der Waals surface area contributed by atoms with Gasteiger partial charge in [-0.15, -0.1) is 0 Å². The second kappa shape index (κ2) is 18.8. The van der Waals surface area contributed by atoms with E-state index in [1.807, 2.05) is 6.92 Å². The van der Waals surface area contributed by atoms with Gasteiger partial charge in [-0.25, -0.2) is 4.79 Å². The molecule has 0 aliphatic carbocycles. The first-order chi connectivity index (χ1) is 11.8. The van der Waals surface area contributed by atoms with Gasteiger partial charge in [0.1, 0.15) is 0 Å². The molecule has 0 aliphatic heterocycles. The van der Waals surface area contributed by atoms with Crippen molar-refractivity contribution >= 4 is 5.97 Å². The molecule has 0 rings (SSSR count). The van der Waals surface area contributed by atoms with Crippen LogP contribution in [0.15, 0.2) is 0 Å². The van der Waals surface area contributed by atoms with E-state index in [0.717, 1.165) is 12.8 Å².